The lowest BCUT2D eigenvalue weighted by Crippen LogP contribution is -2.14. The number of benzene rings is 1. The fourth-order valence-corrected chi connectivity index (χ4v) is 5.36. The molecule has 0 amide bonds. The molecule has 0 aliphatic heterocycles. The third-order valence-corrected chi connectivity index (χ3v) is 7.50. The lowest BCUT2D eigenvalue weighted by atomic mass is 10.0. The summed E-state index contributed by atoms with van der Waals surface area (Å²) in [7, 11) is -4.16. The van der Waals surface area contributed by atoms with Crippen molar-refractivity contribution in [1.29, 1.82) is 0 Å². The van der Waals surface area contributed by atoms with Crippen molar-refractivity contribution >= 4 is 33.4 Å². The van der Waals surface area contributed by atoms with Crippen LogP contribution >= 0.6 is 11.6 Å². The quantitative estimate of drug-likeness (QED) is 0.279. The number of aryl methyl sites for hydroxylation is 3. The molecule has 1 aromatic carbocycles. The van der Waals surface area contributed by atoms with E-state index in [0.29, 0.717) is 40.4 Å². The minimum absolute atomic E-state index is 0.0461. The van der Waals surface area contributed by atoms with E-state index in [9.17, 15) is 18.3 Å². The molecule has 0 radical (unpaired) electrons. The van der Waals surface area contributed by atoms with Crippen molar-refractivity contribution in [3.63, 3.8) is 0 Å². The molecule has 0 unspecified atom stereocenters. The molecule has 0 aliphatic carbocycles. The summed E-state index contributed by atoms with van der Waals surface area (Å²) < 4.78 is 40.4. The summed E-state index contributed by atoms with van der Waals surface area (Å²) in [5.74, 6) is 0.00297. The number of anilines is 1. The van der Waals surface area contributed by atoms with E-state index in [0.717, 1.165) is 18.4 Å². The number of hydrogen-bond donors (Lipinski definition) is 2. The highest BCUT2D eigenvalue weighted by Crippen LogP contribution is 2.33. The Balaban J connectivity index is 1.65. The monoisotopic (exact) mass is 547 g/mol. The van der Waals surface area contributed by atoms with Crippen molar-refractivity contribution in [2.75, 3.05) is 4.72 Å². The van der Waals surface area contributed by atoms with E-state index in [-0.39, 0.29) is 28.3 Å². The number of aromatic carboxylic acids is 1. The van der Waals surface area contributed by atoms with Crippen molar-refractivity contribution in [2.45, 2.75) is 58.6 Å². The number of nitrogens with zero attached hydrogens (tertiary/aromatic N) is 4. The Kier molecular flexibility index (Phi) is 7.42. The second-order valence-electron chi connectivity index (χ2n) is 8.61. The average Bonchev–Trinajstić information content (AvgIpc) is 3.49. The van der Waals surface area contributed by atoms with Crippen LogP contribution in [-0.2, 0) is 23.0 Å². The number of carboxylic acids is 1. The Hall–Kier alpha value is -3.64. The number of nitrogens with one attached hydrogen (secondary N) is 1. The Morgan fingerprint density at radius 1 is 1.14 bits per heavy atom. The fourth-order valence-electron chi connectivity index (χ4n) is 3.87. The van der Waals surface area contributed by atoms with Crippen molar-refractivity contribution in [2.24, 2.45) is 0 Å². The number of unbranched alkanes of at least 4 members (excludes halogenated alkanes) is 1. The molecular formula is C24H26ClN5O6S. The third kappa shape index (κ3) is 5.25. The van der Waals surface area contributed by atoms with Gasteiger partial charge in [-0.2, -0.15) is 8.42 Å². The molecule has 11 nitrogen and oxygen atoms in total. The van der Waals surface area contributed by atoms with E-state index in [2.05, 4.69) is 20.0 Å². The lowest BCUT2D eigenvalue weighted by molar-refractivity contribution is 0.0685. The molecule has 2 N–H and O–H groups in total. The number of rotatable bonds is 10. The van der Waals surface area contributed by atoms with Gasteiger partial charge < -0.3 is 18.7 Å². The summed E-state index contributed by atoms with van der Waals surface area (Å²) in [6.07, 6.45) is 2.37. The van der Waals surface area contributed by atoms with Crippen molar-refractivity contribution in [1.82, 2.24) is 19.9 Å². The maximum atomic E-state index is 13.1. The number of carboxylic acid groups (broad SMARTS) is 1. The summed E-state index contributed by atoms with van der Waals surface area (Å²) >= 11 is 6.13. The molecule has 196 valence electrons. The predicted molar refractivity (Wildman–Crippen MR) is 135 cm³/mol. The van der Waals surface area contributed by atoms with Gasteiger partial charge in [-0.15, -0.1) is 0 Å². The molecule has 0 saturated heterocycles. The van der Waals surface area contributed by atoms with Gasteiger partial charge >= 0.3 is 5.97 Å². The molecule has 3 aromatic heterocycles. The number of aromatic nitrogens is 4. The van der Waals surface area contributed by atoms with Gasteiger partial charge in [-0.3, -0.25) is 4.72 Å². The van der Waals surface area contributed by atoms with Gasteiger partial charge in [0.1, 0.15) is 11.6 Å². The van der Waals surface area contributed by atoms with Crippen LogP contribution in [-0.4, -0.2) is 39.4 Å². The molecule has 37 heavy (non-hydrogen) atoms. The van der Waals surface area contributed by atoms with E-state index in [4.69, 9.17) is 20.6 Å². The number of hydrogen-bond acceptors (Lipinski definition) is 8. The topological polar surface area (TPSA) is 153 Å². The fraction of sp³-hybridized carbons (Fsp3) is 0.333. The van der Waals surface area contributed by atoms with Gasteiger partial charge in [0.25, 0.3) is 15.1 Å². The van der Waals surface area contributed by atoms with E-state index in [1.165, 1.54) is 0 Å². The summed E-state index contributed by atoms with van der Waals surface area (Å²) in [6, 6.07) is 7.01. The highest BCUT2D eigenvalue weighted by molar-refractivity contribution is 7.92. The molecule has 0 saturated carbocycles. The van der Waals surface area contributed by atoms with Crippen molar-refractivity contribution in [3.05, 3.63) is 63.5 Å². The molecular weight excluding hydrogens is 522 g/mol. The summed E-state index contributed by atoms with van der Waals surface area (Å²) in [6.45, 7) is 7.28. The van der Waals surface area contributed by atoms with E-state index in [1.807, 2.05) is 6.92 Å². The van der Waals surface area contributed by atoms with Gasteiger partial charge in [0, 0.05) is 18.5 Å². The maximum Gasteiger partial charge on any atom is 0.355 e. The van der Waals surface area contributed by atoms with Crippen LogP contribution in [0.1, 0.15) is 58.7 Å². The molecule has 0 aliphatic rings. The largest absolute Gasteiger partial charge is 0.476 e. The Labute approximate surface area is 218 Å². The lowest BCUT2D eigenvalue weighted by Gasteiger charge is -2.11. The second-order valence-corrected chi connectivity index (χ2v) is 10.5. The Bertz CT molecular complexity index is 1550. The molecule has 4 aromatic rings. The highest BCUT2D eigenvalue weighted by Gasteiger charge is 2.29. The van der Waals surface area contributed by atoms with Gasteiger partial charge in [-0.25, -0.2) is 9.78 Å². The maximum absolute atomic E-state index is 13.1. The number of carbonyl (C=O) groups is 1. The summed E-state index contributed by atoms with van der Waals surface area (Å²) in [5, 5.41) is 16.9. The van der Waals surface area contributed by atoms with Gasteiger partial charge in [0.05, 0.1) is 11.3 Å². The first-order valence-corrected chi connectivity index (χ1v) is 13.4. The van der Waals surface area contributed by atoms with Crippen LogP contribution in [0.15, 0.2) is 38.4 Å². The zero-order chi connectivity index (χ0) is 26.9. The smallest absolute Gasteiger partial charge is 0.355 e. The van der Waals surface area contributed by atoms with Crippen LogP contribution in [0.5, 0.6) is 0 Å². The van der Waals surface area contributed by atoms with Crippen molar-refractivity contribution in [3.8, 4) is 11.1 Å². The van der Waals surface area contributed by atoms with Crippen LogP contribution in [0.25, 0.3) is 11.1 Å². The Morgan fingerprint density at radius 2 is 1.84 bits per heavy atom. The number of halogens is 1. The van der Waals surface area contributed by atoms with Crippen LogP contribution in [0.2, 0.25) is 5.15 Å². The van der Waals surface area contributed by atoms with Gasteiger partial charge in [0.15, 0.2) is 16.7 Å². The average molecular weight is 548 g/mol. The zero-order valence-corrected chi connectivity index (χ0v) is 22.3. The first-order chi connectivity index (χ1) is 17.5. The number of sulfonamides is 1. The third-order valence-electron chi connectivity index (χ3n) is 6.01. The highest BCUT2D eigenvalue weighted by atomic mass is 35.5. The van der Waals surface area contributed by atoms with Crippen LogP contribution in [0, 0.1) is 20.8 Å². The summed E-state index contributed by atoms with van der Waals surface area (Å²) in [5.41, 5.74) is 2.52. The Morgan fingerprint density at radius 3 is 2.43 bits per heavy atom. The molecule has 4 rings (SSSR count). The second kappa shape index (κ2) is 10.4. The van der Waals surface area contributed by atoms with E-state index < -0.39 is 16.0 Å². The van der Waals surface area contributed by atoms with Crippen LogP contribution in [0.4, 0.5) is 5.82 Å². The predicted octanol–water partition coefficient (Wildman–Crippen LogP) is 4.99. The minimum atomic E-state index is -4.16. The normalized spacial score (nSPS) is 11.7. The van der Waals surface area contributed by atoms with E-state index in [1.54, 1.807) is 49.6 Å². The van der Waals surface area contributed by atoms with Gasteiger partial charge in [-0.05, 0) is 38.3 Å². The summed E-state index contributed by atoms with van der Waals surface area (Å²) in [4.78, 5) is 16.1. The standard InChI is InChI=1S/C24H26ClN5O6S/c1-5-6-7-18-26-21(25)20(23(31)32)30(18)12-16-8-10-17(11-9-16)19-14(3)27-36-24(19)37(33,34)29-22-13(2)15(4)35-28-22/h8-11H,5-7,12H2,1-4H3,(H,28,29)(H,31,32). The van der Waals surface area contributed by atoms with Crippen molar-refractivity contribution < 1.29 is 27.4 Å². The molecule has 0 fully saturated rings. The molecule has 0 spiro atoms. The van der Waals surface area contributed by atoms with Gasteiger partial charge in [0.2, 0.25) is 0 Å². The van der Waals surface area contributed by atoms with Crippen LogP contribution < -0.4 is 4.72 Å². The first kappa shape index (κ1) is 26.4. The molecule has 0 bridgehead atoms. The zero-order valence-electron chi connectivity index (χ0n) is 20.7. The molecule has 0 atom stereocenters. The van der Waals surface area contributed by atoms with E-state index >= 15 is 0 Å². The first-order valence-electron chi connectivity index (χ1n) is 11.5. The molecule has 13 heteroatoms. The molecule has 3 heterocycles. The SMILES string of the molecule is CCCCc1nc(Cl)c(C(=O)O)n1Cc1ccc(-c2c(C)noc2S(=O)(=O)Nc2noc(C)c2C)cc1. The van der Waals surface area contributed by atoms with Crippen LogP contribution in [0.3, 0.4) is 0 Å². The number of imidazole rings is 1. The van der Waals surface area contributed by atoms with Gasteiger partial charge in [-0.1, -0.05) is 59.5 Å². The minimum Gasteiger partial charge on any atom is -0.476 e.